The normalized spacial score (nSPS) is 22.4. The zero-order valence-electron chi connectivity index (χ0n) is 17.0. The van der Waals surface area contributed by atoms with Crippen LogP contribution in [0.15, 0.2) is 55.0 Å². The molecule has 0 radical (unpaired) electrons. The van der Waals surface area contributed by atoms with Crippen LogP contribution >= 0.6 is 0 Å². The van der Waals surface area contributed by atoms with E-state index in [1.807, 2.05) is 61.5 Å². The number of amides is 2. The Morgan fingerprint density at radius 3 is 2.90 bits per heavy atom. The topological polar surface area (TPSA) is 80.1 Å². The van der Waals surface area contributed by atoms with Gasteiger partial charge in [-0.15, -0.1) is 0 Å². The second-order valence-corrected chi connectivity index (χ2v) is 8.16. The second-order valence-electron chi connectivity index (χ2n) is 8.16. The molecule has 3 aromatic rings. The number of nitrogens with one attached hydrogen (secondary N) is 1. The Hall–Kier alpha value is -3.48. The maximum Gasteiger partial charge on any atom is 0.237 e. The molecule has 5 rings (SSSR count). The number of nitrogens with zero attached hydrogens (tertiary/aromatic N) is 4. The lowest BCUT2D eigenvalue weighted by molar-refractivity contribution is -0.132. The molecule has 0 saturated carbocycles. The Morgan fingerprint density at radius 1 is 1.30 bits per heavy atom. The van der Waals surface area contributed by atoms with E-state index in [1.165, 1.54) is 0 Å². The van der Waals surface area contributed by atoms with Crippen LogP contribution in [0.4, 0.5) is 5.69 Å². The molecule has 2 unspecified atom stereocenters. The summed E-state index contributed by atoms with van der Waals surface area (Å²) in [5.74, 6) is -0.0856. The minimum atomic E-state index is -0.810. The van der Waals surface area contributed by atoms with Crippen molar-refractivity contribution >= 4 is 17.5 Å². The third kappa shape index (κ3) is 2.73. The standard InChI is InChI=1S/C23H23N5O2/c1-15-7-9-24-17(11-15)12-20(29)28-10-8-23(21(28)16-13-25-27(2)14-16)18-5-3-4-6-19(18)26-22(23)30/h3-7,9,11,13-14,21H,8,10,12H2,1-2H3,(H,26,30). The molecule has 1 aromatic carbocycles. The van der Waals surface area contributed by atoms with Crippen molar-refractivity contribution in [3.05, 3.63) is 77.4 Å². The zero-order chi connectivity index (χ0) is 20.9. The number of fused-ring (bicyclic) bond motifs is 2. The predicted molar refractivity (Wildman–Crippen MR) is 112 cm³/mol. The summed E-state index contributed by atoms with van der Waals surface area (Å²) in [6.07, 6.45) is 6.16. The van der Waals surface area contributed by atoms with Crippen molar-refractivity contribution < 1.29 is 9.59 Å². The molecule has 1 fully saturated rings. The molecule has 4 heterocycles. The number of benzene rings is 1. The van der Waals surface area contributed by atoms with E-state index in [2.05, 4.69) is 15.4 Å². The van der Waals surface area contributed by atoms with Crippen molar-refractivity contribution in [1.82, 2.24) is 19.7 Å². The summed E-state index contributed by atoms with van der Waals surface area (Å²) in [6.45, 7) is 2.49. The van der Waals surface area contributed by atoms with Crippen LogP contribution in [0.2, 0.25) is 0 Å². The molecule has 1 N–H and O–H groups in total. The molecule has 152 valence electrons. The minimum Gasteiger partial charge on any atom is -0.334 e. The first kappa shape index (κ1) is 18.5. The molecule has 2 atom stereocenters. The first-order valence-electron chi connectivity index (χ1n) is 10.1. The molecule has 0 bridgehead atoms. The van der Waals surface area contributed by atoms with E-state index in [4.69, 9.17) is 0 Å². The highest BCUT2D eigenvalue weighted by molar-refractivity contribution is 6.07. The Bertz CT molecular complexity index is 1150. The van der Waals surface area contributed by atoms with Crippen LogP contribution in [-0.2, 0) is 28.5 Å². The number of pyridine rings is 1. The zero-order valence-corrected chi connectivity index (χ0v) is 17.0. The number of likely N-dealkylation sites (tertiary alicyclic amines) is 1. The van der Waals surface area contributed by atoms with E-state index < -0.39 is 11.5 Å². The molecule has 7 nitrogen and oxygen atoms in total. The number of rotatable bonds is 3. The van der Waals surface area contributed by atoms with Gasteiger partial charge in [0.25, 0.3) is 0 Å². The number of hydrogen-bond acceptors (Lipinski definition) is 4. The smallest absolute Gasteiger partial charge is 0.237 e. The SMILES string of the molecule is Cc1ccnc(CC(=O)N2CCC3(C(=O)Nc4ccccc43)C2c2cnn(C)c2)c1. The van der Waals surface area contributed by atoms with Crippen molar-refractivity contribution in [3.8, 4) is 0 Å². The molecule has 7 heteroatoms. The highest BCUT2D eigenvalue weighted by atomic mass is 16.2. The van der Waals surface area contributed by atoms with Gasteiger partial charge in [0.1, 0.15) is 5.41 Å². The van der Waals surface area contributed by atoms with E-state index in [1.54, 1.807) is 17.1 Å². The Labute approximate surface area is 174 Å². The third-order valence-corrected chi connectivity index (χ3v) is 6.25. The van der Waals surface area contributed by atoms with Gasteiger partial charge >= 0.3 is 0 Å². The van der Waals surface area contributed by atoms with Crippen LogP contribution in [0.1, 0.15) is 34.8 Å². The molecule has 2 aliphatic heterocycles. The van der Waals surface area contributed by atoms with Crippen molar-refractivity contribution in [1.29, 1.82) is 0 Å². The van der Waals surface area contributed by atoms with Crippen LogP contribution < -0.4 is 5.32 Å². The molecular formula is C23H23N5O2. The number of hydrogen-bond donors (Lipinski definition) is 1. The van der Waals surface area contributed by atoms with Gasteiger partial charge in [0.15, 0.2) is 0 Å². The molecule has 1 spiro atoms. The van der Waals surface area contributed by atoms with Gasteiger partial charge in [-0.2, -0.15) is 5.10 Å². The van der Waals surface area contributed by atoms with E-state index in [0.29, 0.717) is 13.0 Å². The van der Waals surface area contributed by atoms with E-state index >= 15 is 0 Å². The number of para-hydroxylation sites is 1. The number of anilines is 1. The summed E-state index contributed by atoms with van der Waals surface area (Å²) in [6, 6.07) is 11.2. The largest absolute Gasteiger partial charge is 0.334 e. The first-order chi connectivity index (χ1) is 14.5. The van der Waals surface area contributed by atoms with Crippen molar-refractivity contribution in [3.63, 3.8) is 0 Å². The summed E-state index contributed by atoms with van der Waals surface area (Å²) in [4.78, 5) is 32.9. The summed E-state index contributed by atoms with van der Waals surface area (Å²) in [5, 5.41) is 7.36. The van der Waals surface area contributed by atoms with E-state index in [9.17, 15) is 9.59 Å². The fourth-order valence-corrected chi connectivity index (χ4v) is 4.95. The monoisotopic (exact) mass is 401 g/mol. The van der Waals surface area contributed by atoms with Gasteiger partial charge < -0.3 is 10.2 Å². The Kier molecular flexibility index (Phi) is 4.20. The second kappa shape index (κ2) is 6.79. The van der Waals surface area contributed by atoms with Gasteiger partial charge in [-0.1, -0.05) is 18.2 Å². The Balaban J connectivity index is 1.58. The lowest BCUT2D eigenvalue weighted by atomic mass is 9.73. The van der Waals surface area contributed by atoms with Gasteiger partial charge in [-0.05, 0) is 42.7 Å². The molecule has 2 aliphatic rings. The summed E-state index contributed by atoms with van der Waals surface area (Å²) in [7, 11) is 1.84. The maximum absolute atomic E-state index is 13.4. The number of carbonyl (C=O) groups excluding carboxylic acids is 2. The predicted octanol–water partition coefficient (Wildman–Crippen LogP) is 2.53. The summed E-state index contributed by atoms with van der Waals surface area (Å²) >= 11 is 0. The number of aryl methyl sites for hydroxylation is 2. The first-order valence-corrected chi connectivity index (χ1v) is 10.1. The van der Waals surface area contributed by atoms with E-state index in [0.717, 1.165) is 28.1 Å². The van der Waals surface area contributed by atoms with Crippen molar-refractivity contribution in [2.24, 2.45) is 7.05 Å². The number of carbonyl (C=O) groups is 2. The van der Waals surface area contributed by atoms with Crippen molar-refractivity contribution in [2.75, 3.05) is 11.9 Å². The van der Waals surface area contributed by atoms with Gasteiger partial charge in [-0.3, -0.25) is 19.3 Å². The molecule has 2 amide bonds. The summed E-state index contributed by atoms with van der Waals surface area (Å²) in [5.41, 5.74) is 3.64. The van der Waals surface area contributed by atoms with Crippen LogP contribution in [0.5, 0.6) is 0 Å². The fourth-order valence-electron chi connectivity index (χ4n) is 4.95. The minimum absolute atomic E-state index is 0.0315. The van der Waals surface area contributed by atoms with E-state index in [-0.39, 0.29) is 18.2 Å². The average Bonchev–Trinajstić information content (AvgIpc) is 3.39. The van der Waals surface area contributed by atoms with Crippen LogP contribution in [0.3, 0.4) is 0 Å². The Morgan fingerprint density at radius 2 is 2.13 bits per heavy atom. The fraction of sp³-hybridized carbons (Fsp3) is 0.304. The lowest BCUT2D eigenvalue weighted by Gasteiger charge is -2.33. The van der Waals surface area contributed by atoms with Crippen molar-refractivity contribution in [2.45, 2.75) is 31.2 Å². The van der Waals surface area contributed by atoms with Gasteiger partial charge in [0.2, 0.25) is 11.8 Å². The van der Waals surface area contributed by atoms with Crippen LogP contribution in [0.25, 0.3) is 0 Å². The van der Waals surface area contributed by atoms with Gasteiger partial charge in [0, 0.05) is 42.9 Å². The highest BCUT2D eigenvalue weighted by Gasteiger charge is 2.59. The van der Waals surface area contributed by atoms with Gasteiger partial charge in [-0.25, -0.2) is 0 Å². The lowest BCUT2D eigenvalue weighted by Crippen LogP contribution is -2.43. The van der Waals surface area contributed by atoms with Gasteiger partial charge in [0.05, 0.1) is 18.7 Å². The van der Waals surface area contributed by atoms with Crippen LogP contribution in [-0.4, -0.2) is 38.0 Å². The molecule has 30 heavy (non-hydrogen) atoms. The molecular weight excluding hydrogens is 378 g/mol. The third-order valence-electron chi connectivity index (χ3n) is 6.25. The molecule has 2 aromatic heterocycles. The quantitative estimate of drug-likeness (QED) is 0.731. The van der Waals surface area contributed by atoms with Crippen LogP contribution in [0, 0.1) is 6.92 Å². The summed E-state index contributed by atoms with van der Waals surface area (Å²) < 4.78 is 1.71. The number of aromatic nitrogens is 3. The average molecular weight is 401 g/mol. The molecule has 0 aliphatic carbocycles. The maximum atomic E-state index is 13.4. The highest BCUT2D eigenvalue weighted by Crippen LogP contribution is 2.54. The molecule has 1 saturated heterocycles.